The molecule has 0 radical (unpaired) electrons. The van der Waals surface area contributed by atoms with Gasteiger partial charge in [-0.1, -0.05) is 69.3 Å². The number of nitrogens with one attached hydrogen (secondary N) is 1. The molecule has 1 N–H and O–H groups in total. The second kappa shape index (κ2) is 14.1. The molecule has 0 aliphatic carbocycles. The molecule has 3 aromatic carbocycles. The van der Waals surface area contributed by atoms with E-state index in [0.717, 1.165) is 27.6 Å². The van der Waals surface area contributed by atoms with E-state index in [1.54, 1.807) is 12.1 Å². The van der Waals surface area contributed by atoms with Gasteiger partial charge in [0.1, 0.15) is 17.6 Å². The minimum Gasteiger partial charge on any atom is -0.483 e. The molecule has 0 aliphatic rings. The number of rotatable bonds is 12. The largest absolute Gasteiger partial charge is 0.483 e. The van der Waals surface area contributed by atoms with Crippen molar-refractivity contribution in [2.75, 3.05) is 6.61 Å². The van der Waals surface area contributed by atoms with Gasteiger partial charge in [-0.15, -0.1) is 0 Å². The van der Waals surface area contributed by atoms with Crippen molar-refractivity contribution in [3.63, 3.8) is 0 Å². The van der Waals surface area contributed by atoms with Gasteiger partial charge in [0.2, 0.25) is 5.91 Å². The zero-order valence-electron chi connectivity index (χ0n) is 22.4. The number of ether oxygens (including phenoxy) is 1. The molecular formula is C31H36BrFN2O3. The van der Waals surface area contributed by atoms with Crippen LogP contribution in [-0.2, 0) is 22.6 Å². The molecule has 3 aromatic rings. The van der Waals surface area contributed by atoms with Gasteiger partial charge in [-0.2, -0.15) is 0 Å². The predicted molar refractivity (Wildman–Crippen MR) is 153 cm³/mol. The summed E-state index contributed by atoms with van der Waals surface area (Å²) in [5, 5.41) is 3.04. The number of nitrogens with zero attached hydrogens (tertiary/aromatic N) is 1. The van der Waals surface area contributed by atoms with Gasteiger partial charge in [0.25, 0.3) is 5.91 Å². The molecule has 0 unspecified atom stereocenters. The Labute approximate surface area is 233 Å². The summed E-state index contributed by atoms with van der Waals surface area (Å²) in [6.45, 7) is 8.04. The first-order valence-corrected chi connectivity index (χ1v) is 13.8. The molecule has 2 atom stereocenters. The lowest BCUT2D eigenvalue weighted by Gasteiger charge is -2.32. The molecule has 38 heavy (non-hydrogen) atoms. The van der Waals surface area contributed by atoms with Crippen LogP contribution < -0.4 is 10.1 Å². The predicted octanol–water partition coefficient (Wildman–Crippen LogP) is 6.65. The van der Waals surface area contributed by atoms with Gasteiger partial charge >= 0.3 is 0 Å². The quantitative estimate of drug-likeness (QED) is 0.260. The van der Waals surface area contributed by atoms with Gasteiger partial charge < -0.3 is 15.0 Å². The van der Waals surface area contributed by atoms with E-state index in [-0.39, 0.29) is 36.8 Å². The molecule has 202 valence electrons. The third-order valence-corrected chi connectivity index (χ3v) is 7.13. The molecule has 0 bridgehead atoms. The second-order valence-electron chi connectivity index (χ2n) is 9.80. The summed E-state index contributed by atoms with van der Waals surface area (Å²) in [6.07, 6.45) is 1.10. The fraction of sp³-hybridized carbons (Fsp3) is 0.355. The number of benzene rings is 3. The normalized spacial score (nSPS) is 12.6. The Morgan fingerprint density at radius 3 is 2.26 bits per heavy atom. The highest BCUT2D eigenvalue weighted by Crippen LogP contribution is 2.29. The van der Waals surface area contributed by atoms with Crippen LogP contribution in [0, 0.1) is 5.82 Å². The van der Waals surface area contributed by atoms with Gasteiger partial charge in [0, 0.05) is 19.0 Å². The van der Waals surface area contributed by atoms with E-state index < -0.39 is 6.04 Å². The fourth-order valence-corrected chi connectivity index (χ4v) is 4.51. The molecule has 5 nitrogen and oxygen atoms in total. The van der Waals surface area contributed by atoms with Crippen molar-refractivity contribution in [1.29, 1.82) is 0 Å². The summed E-state index contributed by atoms with van der Waals surface area (Å²) < 4.78 is 20.3. The minimum absolute atomic E-state index is 0.0461. The lowest BCUT2D eigenvalue weighted by Crippen LogP contribution is -2.53. The highest BCUT2D eigenvalue weighted by atomic mass is 79.9. The van der Waals surface area contributed by atoms with Crippen LogP contribution in [0.4, 0.5) is 4.39 Å². The average molecular weight is 584 g/mol. The van der Waals surface area contributed by atoms with E-state index in [9.17, 15) is 14.0 Å². The van der Waals surface area contributed by atoms with Gasteiger partial charge in [-0.25, -0.2) is 4.39 Å². The first kappa shape index (κ1) is 29.4. The number of amides is 2. The fourth-order valence-electron chi connectivity index (χ4n) is 4.00. The van der Waals surface area contributed by atoms with Crippen LogP contribution in [0.2, 0.25) is 0 Å². The highest BCUT2D eigenvalue weighted by Gasteiger charge is 2.31. The van der Waals surface area contributed by atoms with E-state index in [4.69, 9.17) is 4.74 Å². The van der Waals surface area contributed by atoms with Gasteiger partial charge in [-0.05, 0) is 76.1 Å². The van der Waals surface area contributed by atoms with Crippen molar-refractivity contribution in [2.45, 2.75) is 65.1 Å². The summed E-state index contributed by atoms with van der Waals surface area (Å²) in [5.41, 5.74) is 2.80. The summed E-state index contributed by atoms with van der Waals surface area (Å²) in [5.74, 6) is -0.0281. The van der Waals surface area contributed by atoms with Crippen molar-refractivity contribution < 1.29 is 18.7 Å². The zero-order valence-corrected chi connectivity index (χ0v) is 24.0. The third-order valence-electron chi connectivity index (χ3n) is 6.51. The molecule has 0 saturated heterocycles. The monoisotopic (exact) mass is 582 g/mol. The van der Waals surface area contributed by atoms with Gasteiger partial charge in [0.15, 0.2) is 6.61 Å². The number of hydrogen-bond donors (Lipinski definition) is 1. The van der Waals surface area contributed by atoms with Gasteiger partial charge in [0.05, 0.1) is 4.47 Å². The Hall–Kier alpha value is -3.19. The number of halogens is 2. The van der Waals surface area contributed by atoms with E-state index >= 15 is 0 Å². The Morgan fingerprint density at radius 2 is 1.66 bits per heavy atom. The third kappa shape index (κ3) is 8.42. The molecule has 3 rings (SSSR count). The maximum Gasteiger partial charge on any atom is 0.261 e. The Bertz CT molecular complexity index is 1200. The molecule has 0 aliphatic heterocycles. The average Bonchev–Trinajstić information content (AvgIpc) is 2.91. The lowest BCUT2D eigenvalue weighted by atomic mass is 10.0. The summed E-state index contributed by atoms with van der Waals surface area (Å²) in [6, 6.07) is 20.6. The second-order valence-corrected chi connectivity index (χ2v) is 10.7. The van der Waals surface area contributed by atoms with Gasteiger partial charge in [-0.3, -0.25) is 9.59 Å². The molecule has 0 aromatic heterocycles. The van der Waals surface area contributed by atoms with Crippen LogP contribution >= 0.6 is 15.9 Å². The summed E-state index contributed by atoms with van der Waals surface area (Å²) >= 11 is 3.55. The highest BCUT2D eigenvalue weighted by molar-refractivity contribution is 9.10. The molecule has 0 spiro atoms. The van der Waals surface area contributed by atoms with Crippen LogP contribution in [0.25, 0.3) is 0 Å². The van der Waals surface area contributed by atoms with Crippen molar-refractivity contribution in [1.82, 2.24) is 10.2 Å². The molecule has 0 heterocycles. The number of carbonyl (C=O) groups excluding carboxylic acids is 2. The smallest absolute Gasteiger partial charge is 0.261 e. The lowest BCUT2D eigenvalue weighted by molar-refractivity contribution is -0.143. The van der Waals surface area contributed by atoms with E-state index in [1.165, 1.54) is 17.0 Å². The van der Waals surface area contributed by atoms with Crippen LogP contribution in [0.15, 0.2) is 77.3 Å². The zero-order chi connectivity index (χ0) is 27.7. The Morgan fingerprint density at radius 1 is 0.974 bits per heavy atom. The van der Waals surface area contributed by atoms with Crippen molar-refractivity contribution in [3.8, 4) is 5.75 Å². The van der Waals surface area contributed by atoms with E-state index in [0.29, 0.717) is 18.1 Å². The maximum atomic E-state index is 13.7. The first-order chi connectivity index (χ1) is 18.2. The topological polar surface area (TPSA) is 58.6 Å². The Balaban J connectivity index is 1.91. The van der Waals surface area contributed by atoms with Crippen LogP contribution in [-0.4, -0.2) is 35.4 Å². The molecular weight excluding hydrogens is 547 g/mol. The number of hydrogen-bond acceptors (Lipinski definition) is 3. The van der Waals surface area contributed by atoms with E-state index in [2.05, 4.69) is 35.1 Å². The van der Waals surface area contributed by atoms with Crippen molar-refractivity contribution in [3.05, 3.63) is 99.8 Å². The molecule has 7 heteroatoms. The SMILES string of the molecule is CC[C@@H](C)NC(=O)[C@@H](Cc1ccccc1)N(Cc1ccc(F)cc1)C(=O)COc1ccc(C(C)C)cc1Br. The Kier molecular flexibility index (Phi) is 10.9. The summed E-state index contributed by atoms with van der Waals surface area (Å²) in [4.78, 5) is 28.8. The maximum absolute atomic E-state index is 13.7. The molecule has 0 saturated carbocycles. The van der Waals surface area contributed by atoms with Crippen LogP contribution in [0.1, 0.15) is 56.7 Å². The standard InChI is InChI=1S/C31H36BrFN2O3/c1-5-22(4)34-31(37)28(17-23-9-7-6-8-10-23)35(19-24-11-14-26(33)15-12-24)30(36)20-38-29-16-13-25(21(2)3)18-27(29)32/h6-16,18,21-22,28H,5,17,19-20H2,1-4H3,(H,34,37)/t22-,28-/m1/s1. The summed E-state index contributed by atoms with van der Waals surface area (Å²) in [7, 11) is 0. The van der Waals surface area contributed by atoms with Crippen molar-refractivity contribution in [2.24, 2.45) is 0 Å². The van der Waals surface area contributed by atoms with Crippen LogP contribution in [0.5, 0.6) is 5.75 Å². The first-order valence-electron chi connectivity index (χ1n) is 13.0. The molecule has 0 fully saturated rings. The number of carbonyl (C=O) groups is 2. The van der Waals surface area contributed by atoms with Crippen LogP contribution in [0.3, 0.4) is 0 Å². The minimum atomic E-state index is -0.778. The molecule has 2 amide bonds. The van der Waals surface area contributed by atoms with Crippen molar-refractivity contribution >= 4 is 27.7 Å². The van der Waals surface area contributed by atoms with E-state index in [1.807, 2.05) is 62.4 Å².